The molecule has 0 N–H and O–H groups in total. The van der Waals surface area contributed by atoms with Crippen LogP contribution in [0.1, 0.15) is 27.0 Å². The van der Waals surface area contributed by atoms with Crippen LogP contribution >= 0.6 is 0 Å². The smallest absolute Gasteiger partial charge is 0.178 e. The van der Waals surface area contributed by atoms with E-state index in [0.717, 1.165) is 16.7 Å². The Bertz CT molecular complexity index is 906. The zero-order chi connectivity index (χ0) is 18.1. The Morgan fingerprint density at radius 3 is 1.77 bits per heavy atom. The van der Waals surface area contributed by atoms with Crippen molar-refractivity contribution in [1.29, 1.82) is 0 Å². The maximum absolute atomic E-state index is 13.7. The van der Waals surface area contributed by atoms with E-state index in [2.05, 4.69) is 0 Å². The van der Waals surface area contributed by atoms with E-state index in [0.29, 0.717) is 23.5 Å². The molecular formula is C23H20O3. The largest absolute Gasteiger partial charge is 0.493 e. The average Bonchev–Trinajstić information content (AvgIpc) is 3.01. The van der Waals surface area contributed by atoms with Crippen molar-refractivity contribution >= 4 is 5.78 Å². The zero-order valence-electron chi connectivity index (χ0n) is 14.9. The highest BCUT2D eigenvalue weighted by Crippen LogP contribution is 2.47. The lowest BCUT2D eigenvalue weighted by Gasteiger charge is -2.28. The first-order valence-electron chi connectivity index (χ1n) is 8.61. The lowest BCUT2D eigenvalue weighted by Crippen LogP contribution is -2.34. The molecule has 0 saturated carbocycles. The normalized spacial score (nSPS) is 14.8. The molecule has 26 heavy (non-hydrogen) atoms. The molecule has 0 radical (unpaired) electrons. The van der Waals surface area contributed by atoms with Crippen molar-refractivity contribution in [1.82, 2.24) is 0 Å². The van der Waals surface area contributed by atoms with E-state index < -0.39 is 5.41 Å². The second-order valence-corrected chi connectivity index (χ2v) is 6.51. The number of rotatable bonds is 4. The molecule has 0 aliphatic heterocycles. The Labute approximate surface area is 153 Å². The van der Waals surface area contributed by atoms with Gasteiger partial charge in [-0.05, 0) is 35.2 Å². The molecule has 3 nitrogen and oxygen atoms in total. The van der Waals surface area contributed by atoms with Gasteiger partial charge >= 0.3 is 0 Å². The molecule has 130 valence electrons. The predicted octanol–water partition coefficient (Wildman–Crippen LogP) is 4.43. The minimum atomic E-state index is -0.720. The lowest BCUT2D eigenvalue weighted by molar-refractivity contribution is 0.0929. The van der Waals surface area contributed by atoms with Crippen LogP contribution in [-0.2, 0) is 11.8 Å². The lowest BCUT2D eigenvalue weighted by atomic mass is 9.71. The Morgan fingerprint density at radius 1 is 0.769 bits per heavy atom. The van der Waals surface area contributed by atoms with Gasteiger partial charge in [0.25, 0.3) is 0 Å². The van der Waals surface area contributed by atoms with Gasteiger partial charge in [-0.3, -0.25) is 4.79 Å². The number of fused-ring (bicyclic) bond motifs is 1. The Balaban J connectivity index is 1.96. The first-order valence-corrected chi connectivity index (χ1v) is 8.61. The van der Waals surface area contributed by atoms with Gasteiger partial charge in [0.1, 0.15) is 0 Å². The van der Waals surface area contributed by atoms with Gasteiger partial charge in [-0.25, -0.2) is 0 Å². The topological polar surface area (TPSA) is 35.5 Å². The Hall–Kier alpha value is -3.07. The van der Waals surface area contributed by atoms with Gasteiger partial charge < -0.3 is 9.47 Å². The van der Waals surface area contributed by atoms with E-state index in [1.54, 1.807) is 14.2 Å². The van der Waals surface area contributed by atoms with Crippen molar-refractivity contribution in [2.45, 2.75) is 11.8 Å². The molecule has 0 atom stereocenters. The molecule has 0 saturated heterocycles. The van der Waals surface area contributed by atoms with Gasteiger partial charge in [-0.15, -0.1) is 0 Å². The summed E-state index contributed by atoms with van der Waals surface area (Å²) in [4.78, 5) is 13.7. The molecule has 1 aliphatic rings. The maximum Gasteiger partial charge on any atom is 0.178 e. The molecule has 0 amide bonds. The third kappa shape index (κ3) is 2.31. The van der Waals surface area contributed by atoms with Crippen LogP contribution in [0, 0.1) is 0 Å². The van der Waals surface area contributed by atoms with Crippen molar-refractivity contribution in [3.8, 4) is 11.5 Å². The van der Waals surface area contributed by atoms with Crippen LogP contribution in [0.15, 0.2) is 72.8 Å². The standard InChI is InChI=1S/C23H20O3/c1-25-20-13-16-15-23(17-9-5-3-6-10-17,18-11-7-4-8-12-18)22(24)19(16)14-21(20)26-2/h3-14H,15H2,1-2H3. The summed E-state index contributed by atoms with van der Waals surface area (Å²) < 4.78 is 10.9. The van der Waals surface area contributed by atoms with Gasteiger partial charge in [0.2, 0.25) is 0 Å². The van der Waals surface area contributed by atoms with Gasteiger partial charge in [-0.2, -0.15) is 0 Å². The molecule has 0 spiro atoms. The zero-order valence-corrected chi connectivity index (χ0v) is 14.9. The average molecular weight is 344 g/mol. The number of methoxy groups -OCH3 is 2. The van der Waals surface area contributed by atoms with E-state index in [1.807, 2.05) is 72.8 Å². The highest BCUT2D eigenvalue weighted by Gasteiger charge is 2.48. The molecule has 3 aromatic carbocycles. The number of ether oxygens (including phenoxy) is 2. The molecule has 1 aliphatic carbocycles. The van der Waals surface area contributed by atoms with Gasteiger partial charge in [-0.1, -0.05) is 60.7 Å². The van der Waals surface area contributed by atoms with E-state index in [4.69, 9.17) is 9.47 Å². The Kier molecular flexibility index (Phi) is 4.00. The van der Waals surface area contributed by atoms with Crippen LogP contribution in [0.5, 0.6) is 11.5 Å². The fraction of sp³-hybridized carbons (Fsp3) is 0.174. The van der Waals surface area contributed by atoms with Crippen LogP contribution in [0.25, 0.3) is 0 Å². The second kappa shape index (κ2) is 6.34. The summed E-state index contributed by atoms with van der Waals surface area (Å²) in [6, 6.07) is 23.8. The summed E-state index contributed by atoms with van der Waals surface area (Å²) in [6.07, 6.45) is 0.607. The summed E-state index contributed by atoms with van der Waals surface area (Å²) in [5.41, 5.74) is 2.98. The number of carbonyl (C=O) groups is 1. The van der Waals surface area contributed by atoms with Gasteiger partial charge in [0, 0.05) is 5.56 Å². The van der Waals surface area contributed by atoms with Crippen molar-refractivity contribution in [3.63, 3.8) is 0 Å². The molecular weight excluding hydrogens is 324 g/mol. The van der Waals surface area contributed by atoms with E-state index in [-0.39, 0.29) is 5.78 Å². The van der Waals surface area contributed by atoms with E-state index >= 15 is 0 Å². The number of hydrogen-bond acceptors (Lipinski definition) is 3. The number of benzene rings is 3. The highest BCUT2D eigenvalue weighted by molar-refractivity contribution is 6.11. The van der Waals surface area contributed by atoms with E-state index in [1.165, 1.54) is 0 Å². The second-order valence-electron chi connectivity index (χ2n) is 6.51. The molecule has 0 bridgehead atoms. The monoisotopic (exact) mass is 344 g/mol. The van der Waals surface area contributed by atoms with Gasteiger partial charge in [0.15, 0.2) is 17.3 Å². The predicted molar refractivity (Wildman–Crippen MR) is 101 cm³/mol. The van der Waals surface area contributed by atoms with Crippen LogP contribution in [0.2, 0.25) is 0 Å². The van der Waals surface area contributed by atoms with Crippen LogP contribution in [0.3, 0.4) is 0 Å². The fourth-order valence-corrected chi connectivity index (χ4v) is 3.95. The molecule has 3 aromatic rings. The number of hydrogen-bond donors (Lipinski definition) is 0. The van der Waals surface area contributed by atoms with Crippen molar-refractivity contribution in [2.24, 2.45) is 0 Å². The quantitative estimate of drug-likeness (QED) is 0.702. The van der Waals surface area contributed by atoms with Gasteiger partial charge in [0.05, 0.1) is 19.6 Å². The van der Waals surface area contributed by atoms with Crippen LogP contribution < -0.4 is 9.47 Å². The molecule has 3 heteroatoms. The molecule has 0 unspecified atom stereocenters. The van der Waals surface area contributed by atoms with Crippen LogP contribution in [-0.4, -0.2) is 20.0 Å². The Morgan fingerprint density at radius 2 is 1.27 bits per heavy atom. The molecule has 0 heterocycles. The third-order valence-corrected chi connectivity index (χ3v) is 5.23. The minimum Gasteiger partial charge on any atom is -0.493 e. The number of carbonyl (C=O) groups excluding carboxylic acids is 1. The first-order chi connectivity index (χ1) is 12.7. The summed E-state index contributed by atoms with van der Waals surface area (Å²) in [5, 5.41) is 0. The fourth-order valence-electron chi connectivity index (χ4n) is 3.95. The van der Waals surface area contributed by atoms with Crippen molar-refractivity contribution in [2.75, 3.05) is 14.2 Å². The van der Waals surface area contributed by atoms with Crippen molar-refractivity contribution < 1.29 is 14.3 Å². The number of Topliss-reactive ketones (excluding diaryl/α,β-unsaturated/α-hetero) is 1. The van der Waals surface area contributed by atoms with Crippen LogP contribution in [0.4, 0.5) is 0 Å². The maximum atomic E-state index is 13.7. The number of ketones is 1. The molecule has 4 rings (SSSR count). The third-order valence-electron chi connectivity index (χ3n) is 5.23. The minimum absolute atomic E-state index is 0.103. The first kappa shape index (κ1) is 16.4. The summed E-state index contributed by atoms with van der Waals surface area (Å²) in [5.74, 6) is 1.33. The van der Waals surface area contributed by atoms with E-state index in [9.17, 15) is 4.79 Å². The molecule has 0 fully saturated rings. The summed E-state index contributed by atoms with van der Waals surface area (Å²) >= 11 is 0. The highest BCUT2D eigenvalue weighted by atomic mass is 16.5. The van der Waals surface area contributed by atoms with Crippen molar-refractivity contribution in [3.05, 3.63) is 95.1 Å². The summed E-state index contributed by atoms with van der Waals surface area (Å²) in [7, 11) is 3.20. The molecule has 0 aromatic heterocycles. The summed E-state index contributed by atoms with van der Waals surface area (Å²) in [6.45, 7) is 0. The SMILES string of the molecule is COc1cc2c(cc1OC)C(=O)C(c1ccccc1)(c1ccccc1)C2.